The van der Waals surface area contributed by atoms with Gasteiger partial charge in [0, 0.05) is 29.8 Å². The van der Waals surface area contributed by atoms with E-state index in [1.807, 2.05) is 13.0 Å². The topological polar surface area (TPSA) is 109 Å². The average molecular weight is 507 g/mol. The molecule has 3 aromatic heterocycles. The Morgan fingerprint density at radius 1 is 1.16 bits per heavy atom. The van der Waals surface area contributed by atoms with Crippen LogP contribution in [0.2, 0.25) is 0 Å². The molecule has 3 atom stereocenters. The van der Waals surface area contributed by atoms with E-state index in [0.717, 1.165) is 55.4 Å². The number of carbonyl (C=O) groups is 1. The van der Waals surface area contributed by atoms with Crippen LogP contribution in [0.15, 0.2) is 42.9 Å². The standard InChI is InChI=1S/C27H35FN8O/c1-16-10-23(32-24(11-16)33-25-12-17(2)34-35-25)19-4-6-20(7-5-19)27(37)31-18(3)21-8-9-26(29-13-21)36-15-22(28)14-30-36/h8-11,13-15,17-20,25,34-35H,4-7,12H2,1-3H3,(H,31,37)(H,32,33)/t17?,18-,19?,20?,25?/m0/s1. The Morgan fingerprint density at radius 2 is 1.97 bits per heavy atom. The van der Waals surface area contributed by atoms with Crippen LogP contribution in [0.1, 0.15) is 74.7 Å². The van der Waals surface area contributed by atoms with Gasteiger partial charge < -0.3 is 10.6 Å². The molecule has 2 fully saturated rings. The number of hydrogen-bond acceptors (Lipinski definition) is 7. The van der Waals surface area contributed by atoms with Crippen molar-refractivity contribution in [1.82, 2.24) is 35.9 Å². The fourth-order valence-electron chi connectivity index (χ4n) is 5.25. The van der Waals surface area contributed by atoms with E-state index in [1.54, 1.807) is 12.3 Å². The lowest BCUT2D eigenvalue weighted by Crippen LogP contribution is -2.36. The predicted octanol–water partition coefficient (Wildman–Crippen LogP) is 3.89. The van der Waals surface area contributed by atoms with Gasteiger partial charge in [-0.2, -0.15) is 5.10 Å². The van der Waals surface area contributed by atoms with Crippen molar-refractivity contribution in [2.45, 2.75) is 77.0 Å². The zero-order valence-corrected chi connectivity index (χ0v) is 21.5. The molecule has 1 aliphatic carbocycles. The summed E-state index contributed by atoms with van der Waals surface area (Å²) >= 11 is 0. The van der Waals surface area contributed by atoms with Crippen LogP contribution in [0.4, 0.5) is 10.2 Å². The van der Waals surface area contributed by atoms with Gasteiger partial charge in [0.25, 0.3) is 0 Å². The highest BCUT2D eigenvalue weighted by Crippen LogP contribution is 2.36. The second-order valence-electron chi connectivity index (χ2n) is 10.4. The van der Waals surface area contributed by atoms with Crippen molar-refractivity contribution >= 4 is 11.7 Å². The smallest absolute Gasteiger partial charge is 0.223 e. The quantitative estimate of drug-likeness (QED) is 0.385. The molecule has 4 N–H and O–H groups in total. The molecule has 3 aromatic rings. The third-order valence-corrected chi connectivity index (χ3v) is 7.34. The molecule has 1 saturated heterocycles. The van der Waals surface area contributed by atoms with Gasteiger partial charge in [-0.05, 0) is 82.2 Å². The minimum atomic E-state index is -0.412. The molecule has 1 saturated carbocycles. The number of aryl methyl sites for hydroxylation is 1. The van der Waals surface area contributed by atoms with E-state index < -0.39 is 5.82 Å². The van der Waals surface area contributed by atoms with Crippen molar-refractivity contribution in [2.75, 3.05) is 5.32 Å². The van der Waals surface area contributed by atoms with Gasteiger partial charge in [0.05, 0.1) is 24.6 Å². The van der Waals surface area contributed by atoms with Crippen LogP contribution < -0.4 is 21.5 Å². The van der Waals surface area contributed by atoms with Crippen molar-refractivity contribution in [2.24, 2.45) is 5.92 Å². The summed E-state index contributed by atoms with van der Waals surface area (Å²) in [6.45, 7) is 6.21. The zero-order chi connectivity index (χ0) is 25.9. The third-order valence-electron chi connectivity index (χ3n) is 7.34. The minimum Gasteiger partial charge on any atom is -0.354 e. The third kappa shape index (κ3) is 6.14. The summed E-state index contributed by atoms with van der Waals surface area (Å²) in [6.07, 6.45) is 8.85. The lowest BCUT2D eigenvalue weighted by Gasteiger charge is -2.29. The van der Waals surface area contributed by atoms with Gasteiger partial charge in [0.2, 0.25) is 5.91 Å². The molecular weight excluding hydrogens is 471 g/mol. The van der Waals surface area contributed by atoms with Crippen LogP contribution in [-0.4, -0.2) is 37.9 Å². The number of anilines is 1. The first-order valence-corrected chi connectivity index (χ1v) is 13.1. The summed E-state index contributed by atoms with van der Waals surface area (Å²) in [5.74, 6) is 1.45. The Bertz CT molecular complexity index is 1220. The molecule has 4 heterocycles. The molecule has 37 heavy (non-hydrogen) atoms. The van der Waals surface area contributed by atoms with E-state index in [0.29, 0.717) is 17.8 Å². The first kappa shape index (κ1) is 25.3. The van der Waals surface area contributed by atoms with Crippen LogP contribution >= 0.6 is 0 Å². The number of hydrogen-bond donors (Lipinski definition) is 4. The number of amides is 1. The number of rotatable bonds is 7. The summed E-state index contributed by atoms with van der Waals surface area (Å²) in [5, 5.41) is 10.6. The maximum atomic E-state index is 13.2. The molecular formula is C27H35FN8O. The normalized spacial score (nSPS) is 24.5. The molecule has 9 nitrogen and oxygen atoms in total. The van der Waals surface area contributed by atoms with Crippen molar-refractivity contribution in [3.8, 4) is 5.82 Å². The number of nitrogens with one attached hydrogen (secondary N) is 4. The van der Waals surface area contributed by atoms with Gasteiger partial charge in [-0.25, -0.2) is 24.5 Å². The number of carbonyl (C=O) groups excluding carboxylic acids is 1. The maximum absolute atomic E-state index is 13.2. The van der Waals surface area contributed by atoms with Crippen molar-refractivity contribution in [3.05, 3.63) is 65.5 Å². The van der Waals surface area contributed by atoms with E-state index in [9.17, 15) is 9.18 Å². The molecule has 10 heteroatoms. The first-order chi connectivity index (χ1) is 17.8. The van der Waals surface area contributed by atoms with Crippen LogP contribution in [0, 0.1) is 18.7 Å². The molecule has 0 aromatic carbocycles. The predicted molar refractivity (Wildman–Crippen MR) is 139 cm³/mol. The lowest BCUT2D eigenvalue weighted by atomic mass is 9.79. The average Bonchev–Trinajstić information content (AvgIpc) is 3.51. The van der Waals surface area contributed by atoms with Gasteiger partial charge in [-0.15, -0.1) is 0 Å². The largest absolute Gasteiger partial charge is 0.354 e. The Hall–Kier alpha value is -3.37. The monoisotopic (exact) mass is 506 g/mol. The molecule has 0 spiro atoms. The highest BCUT2D eigenvalue weighted by molar-refractivity contribution is 5.79. The molecule has 0 radical (unpaired) electrons. The fourth-order valence-corrected chi connectivity index (χ4v) is 5.25. The van der Waals surface area contributed by atoms with E-state index in [4.69, 9.17) is 4.98 Å². The van der Waals surface area contributed by atoms with Crippen molar-refractivity contribution in [1.29, 1.82) is 0 Å². The van der Waals surface area contributed by atoms with Crippen LogP contribution in [0.3, 0.4) is 0 Å². The highest BCUT2D eigenvalue weighted by atomic mass is 19.1. The molecule has 1 amide bonds. The van der Waals surface area contributed by atoms with Gasteiger partial charge >= 0.3 is 0 Å². The fraction of sp³-hybridized carbons (Fsp3) is 0.481. The second kappa shape index (κ2) is 10.9. The molecule has 2 aliphatic rings. The van der Waals surface area contributed by atoms with E-state index in [1.165, 1.54) is 16.4 Å². The van der Waals surface area contributed by atoms with Gasteiger partial charge in [0.15, 0.2) is 11.6 Å². The summed E-state index contributed by atoms with van der Waals surface area (Å²) in [6, 6.07) is 8.17. The number of pyridine rings is 2. The van der Waals surface area contributed by atoms with Gasteiger partial charge in [0.1, 0.15) is 5.82 Å². The Balaban J connectivity index is 1.14. The SMILES string of the molecule is Cc1cc(NC2CC(C)NN2)nc(C2CCC(C(=O)N[C@@H](C)c3ccc(-n4cc(F)cn4)nc3)CC2)c1. The molecule has 1 aliphatic heterocycles. The molecule has 2 unspecified atom stereocenters. The van der Waals surface area contributed by atoms with Crippen LogP contribution in [0.5, 0.6) is 0 Å². The number of hydrazine groups is 1. The summed E-state index contributed by atoms with van der Waals surface area (Å²) in [7, 11) is 0. The van der Waals surface area contributed by atoms with Gasteiger partial charge in [-0.1, -0.05) is 6.07 Å². The zero-order valence-electron chi connectivity index (χ0n) is 21.5. The van der Waals surface area contributed by atoms with Crippen molar-refractivity contribution < 1.29 is 9.18 Å². The highest BCUT2D eigenvalue weighted by Gasteiger charge is 2.29. The Morgan fingerprint density at radius 3 is 2.62 bits per heavy atom. The summed E-state index contributed by atoms with van der Waals surface area (Å²) in [4.78, 5) is 22.3. The molecule has 5 rings (SSSR count). The number of aromatic nitrogens is 4. The minimum absolute atomic E-state index is 0.00404. The van der Waals surface area contributed by atoms with E-state index >= 15 is 0 Å². The van der Waals surface area contributed by atoms with E-state index in [2.05, 4.69) is 57.5 Å². The van der Waals surface area contributed by atoms with Crippen LogP contribution in [-0.2, 0) is 4.79 Å². The number of nitrogens with zero attached hydrogens (tertiary/aromatic N) is 4. The molecule has 0 bridgehead atoms. The number of halogens is 1. The Kier molecular flexibility index (Phi) is 7.48. The van der Waals surface area contributed by atoms with E-state index in [-0.39, 0.29) is 24.0 Å². The summed E-state index contributed by atoms with van der Waals surface area (Å²) in [5.41, 5.74) is 9.69. The Labute approximate surface area is 216 Å². The molecule has 196 valence electrons. The van der Waals surface area contributed by atoms with Gasteiger partial charge in [-0.3, -0.25) is 10.2 Å². The van der Waals surface area contributed by atoms with Crippen LogP contribution in [0.25, 0.3) is 5.82 Å². The van der Waals surface area contributed by atoms with Crippen molar-refractivity contribution in [3.63, 3.8) is 0 Å². The lowest BCUT2D eigenvalue weighted by molar-refractivity contribution is -0.126. The maximum Gasteiger partial charge on any atom is 0.223 e. The first-order valence-electron chi connectivity index (χ1n) is 13.1. The second-order valence-corrected chi connectivity index (χ2v) is 10.4. The summed E-state index contributed by atoms with van der Waals surface area (Å²) < 4.78 is 14.6.